The molecule has 0 fully saturated rings. The quantitative estimate of drug-likeness (QED) is 0.763. The van der Waals surface area contributed by atoms with Crippen molar-refractivity contribution < 1.29 is 4.39 Å². The lowest BCUT2D eigenvalue weighted by atomic mass is 9.93. The van der Waals surface area contributed by atoms with Crippen LogP contribution >= 0.6 is 0 Å². The molecule has 2 atom stereocenters. The third kappa shape index (κ3) is 2.52. The summed E-state index contributed by atoms with van der Waals surface area (Å²) in [5, 5.41) is 7.65. The molecule has 0 unspecified atom stereocenters. The van der Waals surface area contributed by atoms with Gasteiger partial charge in [0.05, 0.1) is 12.1 Å². The van der Waals surface area contributed by atoms with Gasteiger partial charge in [0.2, 0.25) is 11.9 Å². The van der Waals surface area contributed by atoms with Gasteiger partial charge in [-0.15, -0.1) is 5.10 Å². The van der Waals surface area contributed by atoms with Gasteiger partial charge >= 0.3 is 0 Å². The van der Waals surface area contributed by atoms with Crippen LogP contribution in [0.1, 0.15) is 29.6 Å². The second kappa shape index (κ2) is 5.39. The highest BCUT2D eigenvalue weighted by molar-refractivity contribution is 5.41. The van der Waals surface area contributed by atoms with Crippen molar-refractivity contribution in [1.29, 1.82) is 0 Å². The molecule has 6 heteroatoms. The van der Waals surface area contributed by atoms with Crippen molar-refractivity contribution >= 4 is 11.9 Å². The van der Waals surface area contributed by atoms with E-state index in [1.54, 1.807) is 12.1 Å². The maximum absolute atomic E-state index is 13.2. The van der Waals surface area contributed by atoms with Crippen LogP contribution in [0.5, 0.6) is 0 Å². The first-order chi connectivity index (χ1) is 11.2. The summed E-state index contributed by atoms with van der Waals surface area (Å²) in [7, 11) is 0. The van der Waals surface area contributed by atoms with Crippen LogP contribution in [0.4, 0.5) is 16.3 Å². The number of rotatable bonds is 2. The molecular weight excluding hydrogens is 293 g/mol. The van der Waals surface area contributed by atoms with Crippen LogP contribution in [0.15, 0.2) is 54.6 Å². The normalized spacial score (nSPS) is 19.9. The summed E-state index contributed by atoms with van der Waals surface area (Å²) in [6, 6.07) is 16.7. The molecule has 0 bridgehead atoms. The van der Waals surface area contributed by atoms with Gasteiger partial charge in [-0.2, -0.15) is 4.98 Å². The standard InChI is InChI=1S/C17H16FN5/c18-13-8-6-11(7-9-13)14-10-15(12-4-2-1-3-5-12)23-17(20-14)21-16(19)22-23/h1-9,14-15H,10H2,(H3,19,20,21,22)/t14-,15-/m0/s1. The lowest BCUT2D eigenvalue weighted by Gasteiger charge is -2.31. The fraction of sp³-hybridized carbons (Fsp3) is 0.176. The Morgan fingerprint density at radius 1 is 1.04 bits per heavy atom. The zero-order chi connectivity index (χ0) is 15.8. The zero-order valence-corrected chi connectivity index (χ0v) is 12.4. The van der Waals surface area contributed by atoms with Crippen LogP contribution in [-0.2, 0) is 0 Å². The van der Waals surface area contributed by atoms with Crippen molar-refractivity contribution in [2.24, 2.45) is 0 Å². The molecule has 5 nitrogen and oxygen atoms in total. The minimum Gasteiger partial charge on any atom is -0.366 e. The molecule has 4 rings (SSSR count). The largest absolute Gasteiger partial charge is 0.366 e. The second-order valence-electron chi connectivity index (χ2n) is 5.65. The third-order valence-electron chi connectivity index (χ3n) is 4.16. The Kier molecular flexibility index (Phi) is 3.22. The lowest BCUT2D eigenvalue weighted by Crippen LogP contribution is -2.28. The highest BCUT2D eigenvalue weighted by atomic mass is 19.1. The number of nitrogens with zero attached hydrogens (tertiary/aromatic N) is 3. The minimum atomic E-state index is -0.239. The van der Waals surface area contributed by atoms with Crippen LogP contribution in [0.3, 0.4) is 0 Å². The minimum absolute atomic E-state index is 0.0249. The van der Waals surface area contributed by atoms with Gasteiger partial charge in [-0.05, 0) is 29.7 Å². The van der Waals surface area contributed by atoms with E-state index in [2.05, 4.69) is 27.5 Å². The maximum atomic E-state index is 13.2. The van der Waals surface area contributed by atoms with Crippen molar-refractivity contribution in [3.8, 4) is 0 Å². The topological polar surface area (TPSA) is 68.8 Å². The summed E-state index contributed by atoms with van der Waals surface area (Å²) in [4.78, 5) is 4.26. The van der Waals surface area contributed by atoms with E-state index in [1.807, 2.05) is 22.9 Å². The van der Waals surface area contributed by atoms with E-state index in [1.165, 1.54) is 12.1 Å². The number of fused-ring (bicyclic) bond motifs is 1. The molecule has 3 aromatic rings. The number of aromatic nitrogens is 3. The van der Waals surface area contributed by atoms with Gasteiger partial charge in [0.25, 0.3) is 0 Å². The van der Waals surface area contributed by atoms with Crippen molar-refractivity contribution in [3.63, 3.8) is 0 Å². The number of nitrogens with two attached hydrogens (primary N) is 1. The van der Waals surface area contributed by atoms with Crippen LogP contribution in [-0.4, -0.2) is 14.8 Å². The van der Waals surface area contributed by atoms with Gasteiger partial charge in [0.1, 0.15) is 5.82 Å². The first-order valence-electron chi connectivity index (χ1n) is 7.49. The van der Waals surface area contributed by atoms with Crippen molar-refractivity contribution in [2.75, 3.05) is 11.1 Å². The molecule has 116 valence electrons. The Hall–Kier alpha value is -2.89. The number of hydrogen-bond acceptors (Lipinski definition) is 4. The second-order valence-corrected chi connectivity index (χ2v) is 5.65. The molecule has 1 aromatic heterocycles. The van der Waals surface area contributed by atoms with E-state index in [0.29, 0.717) is 5.95 Å². The van der Waals surface area contributed by atoms with E-state index in [-0.39, 0.29) is 23.8 Å². The predicted molar refractivity (Wildman–Crippen MR) is 86.4 cm³/mol. The van der Waals surface area contributed by atoms with Crippen LogP contribution in [0.2, 0.25) is 0 Å². The van der Waals surface area contributed by atoms with Crippen molar-refractivity contribution in [3.05, 3.63) is 71.5 Å². The van der Waals surface area contributed by atoms with Gasteiger partial charge in [-0.3, -0.25) is 0 Å². The molecule has 1 aliphatic heterocycles. The summed E-state index contributed by atoms with van der Waals surface area (Å²) >= 11 is 0. The highest BCUT2D eigenvalue weighted by Crippen LogP contribution is 2.37. The number of nitrogens with one attached hydrogen (secondary N) is 1. The number of hydrogen-bond donors (Lipinski definition) is 2. The molecule has 0 amide bonds. The molecular formula is C17H16FN5. The van der Waals surface area contributed by atoms with Crippen molar-refractivity contribution in [2.45, 2.75) is 18.5 Å². The SMILES string of the molecule is Nc1nc2n(n1)[C@H](c1ccccc1)C[C@@H](c1ccc(F)cc1)N2. The Morgan fingerprint density at radius 3 is 2.52 bits per heavy atom. The molecule has 0 radical (unpaired) electrons. The number of halogens is 1. The van der Waals surface area contributed by atoms with E-state index >= 15 is 0 Å². The Morgan fingerprint density at radius 2 is 1.78 bits per heavy atom. The van der Waals surface area contributed by atoms with Gasteiger partial charge in [0.15, 0.2) is 0 Å². The highest BCUT2D eigenvalue weighted by Gasteiger charge is 2.30. The summed E-state index contributed by atoms with van der Waals surface area (Å²) in [5.41, 5.74) is 7.93. The first-order valence-corrected chi connectivity index (χ1v) is 7.49. The first kappa shape index (κ1) is 13.8. The monoisotopic (exact) mass is 309 g/mol. The zero-order valence-electron chi connectivity index (χ0n) is 12.4. The van der Waals surface area contributed by atoms with E-state index < -0.39 is 0 Å². The Labute approximate surface area is 133 Å². The lowest BCUT2D eigenvalue weighted by molar-refractivity contribution is 0.431. The smallest absolute Gasteiger partial charge is 0.241 e. The van der Waals surface area contributed by atoms with Gasteiger partial charge in [-0.25, -0.2) is 9.07 Å². The summed E-state index contributed by atoms with van der Waals surface area (Å²) in [5.74, 6) is 0.640. The molecule has 3 N–H and O–H groups in total. The Balaban J connectivity index is 1.75. The van der Waals surface area contributed by atoms with Crippen LogP contribution in [0.25, 0.3) is 0 Å². The van der Waals surface area contributed by atoms with Crippen LogP contribution in [0, 0.1) is 5.82 Å². The summed E-state index contributed by atoms with van der Waals surface area (Å²) in [6.45, 7) is 0. The number of benzene rings is 2. The molecule has 2 heterocycles. The van der Waals surface area contributed by atoms with Crippen molar-refractivity contribution in [1.82, 2.24) is 14.8 Å². The average molecular weight is 309 g/mol. The molecule has 0 aliphatic carbocycles. The van der Waals surface area contributed by atoms with E-state index in [4.69, 9.17) is 5.73 Å². The molecule has 1 aliphatic rings. The fourth-order valence-electron chi connectivity index (χ4n) is 3.06. The van der Waals surface area contributed by atoms with Gasteiger partial charge < -0.3 is 11.1 Å². The number of nitrogen functional groups attached to an aromatic ring is 1. The molecule has 2 aromatic carbocycles. The molecule has 23 heavy (non-hydrogen) atoms. The molecule has 0 spiro atoms. The molecule has 0 saturated carbocycles. The average Bonchev–Trinajstić information content (AvgIpc) is 2.95. The Bertz CT molecular complexity index is 813. The van der Waals surface area contributed by atoms with E-state index in [0.717, 1.165) is 17.5 Å². The predicted octanol–water partition coefficient (Wildman–Crippen LogP) is 3.15. The van der Waals surface area contributed by atoms with Gasteiger partial charge in [0, 0.05) is 0 Å². The fourth-order valence-corrected chi connectivity index (χ4v) is 3.06. The summed E-state index contributed by atoms with van der Waals surface area (Å²) < 4.78 is 15.0. The van der Waals surface area contributed by atoms with Gasteiger partial charge in [-0.1, -0.05) is 42.5 Å². The maximum Gasteiger partial charge on any atom is 0.241 e. The third-order valence-corrected chi connectivity index (χ3v) is 4.16. The van der Waals surface area contributed by atoms with Crippen LogP contribution < -0.4 is 11.1 Å². The number of anilines is 2. The van der Waals surface area contributed by atoms with E-state index in [9.17, 15) is 4.39 Å². The molecule has 0 saturated heterocycles. The summed E-state index contributed by atoms with van der Waals surface area (Å²) in [6.07, 6.45) is 0.783.